The van der Waals surface area contributed by atoms with Gasteiger partial charge in [-0.25, -0.2) is 4.98 Å². The lowest BCUT2D eigenvalue weighted by molar-refractivity contribution is 0.0806. The summed E-state index contributed by atoms with van der Waals surface area (Å²) in [5.74, 6) is 1.71. The zero-order valence-electron chi connectivity index (χ0n) is 10.8. The Hall–Kier alpha value is -1.36. The van der Waals surface area contributed by atoms with Gasteiger partial charge in [-0.3, -0.25) is 0 Å². The monoisotopic (exact) mass is 239 g/mol. The number of anilines is 1. The van der Waals surface area contributed by atoms with Gasteiger partial charge < -0.3 is 14.8 Å². The van der Waals surface area contributed by atoms with Gasteiger partial charge in [-0.2, -0.15) is 4.98 Å². The van der Waals surface area contributed by atoms with Crippen LogP contribution in [0.1, 0.15) is 20.8 Å². The Morgan fingerprint density at radius 3 is 2.88 bits per heavy atom. The van der Waals surface area contributed by atoms with Crippen molar-refractivity contribution in [3.63, 3.8) is 0 Å². The van der Waals surface area contributed by atoms with E-state index in [0.29, 0.717) is 31.0 Å². The molecule has 1 N–H and O–H groups in total. The second-order valence-corrected chi connectivity index (χ2v) is 4.07. The van der Waals surface area contributed by atoms with E-state index in [9.17, 15) is 0 Å². The van der Waals surface area contributed by atoms with Crippen molar-refractivity contribution in [2.45, 2.75) is 20.8 Å². The summed E-state index contributed by atoms with van der Waals surface area (Å²) >= 11 is 0. The molecule has 0 aliphatic rings. The standard InChI is InChI=1S/C12H21N3O2/c1-4-13-12-14-6-5-11(15-12)17-8-7-16-9-10(2)3/h5-6,10H,4,7-9H2,1-3H3,(H,13,14,15). The van der Waals surface area contributed by atoms with Crippen molar-refractivity contribution in [2.24, 2.45) is 5.92 Å². The largest absolute Gasteiger partial charge is 0.475 e. The first-order valence-electron chi connectivity index (χ1n) is 5.99. The maximum absolute atomic E-state index is 5.46. The van der Waals surface area contributed by atoms with Crippen LogP contribution in [0, 0.1) is 5.92 Å². The Morgan fingerprint density at radius 1 is 1.35 bits per heavy atom. The van der Waals surface area contributed by atoms with Gasteiger partial charge in [0.1, 0.15) is 6.61 Å². The average molecular weight is 239 g/mol. The number of nitrogens with one attached hydrogen (secondary N) is 1. The molecule has 5 heteroatoms. The van der Waals surface area contributed by atoms with E-state index in [0.717, 1.165) is 13.2 Å². The summed E-state index contributed by atoms with van der Waals surface area (Å²) in [5.41, 5.74) is 0. The van der Waals surface area contributed by atoms with E-state index < -0.39 is 0 Å². The summed E-state index contributed by atoms with van der Waals surface area (Å²) in [4.78, 5) is 8.26. The van der Waals surface area contributed by atoms with Crippen molar-refractivity contribution < 1.29 is 9.47 Å². The van der Waals surface area contributed by atoms with E-state index in [-0.39, 0.29) is 0 Å². The van der Waals surface area contributed by atoms with Crippen LogP contribution in [0.2, 0.25) is 0 Å². The van der Waals surface area contributed by atoms with Gasteiger partial charge in [0.2, 0.25) is 11.8 Å². The summed E-state index contributed by atoms with van der Waals surface area (Å²) < 4.78 is 10.9. The molecule has 0 aliphatic carbocycles. The molecule has 1 aromatic heterocycles. The number of aromatic nitrogens is 2. The predicted molar refractivity (Wildman–Crippen MR) is 67.3 cm³/mol. The SMILES string of the molecule is CCNc1nccc(OCCOCC(C)C)n1. The number of rotatable bonds is 8. The third-order valence-corrected chi connectivity index (χ3v) is 1.89. The molecule has 0 amide bonds. The fourth-order valence-corrected chi connectivity index (χ4v) is 1.19. The molecule has 0 spiro atoms. The maximum atomic E-state index is 5.46. The smallest absolute Gasteiger partial charge is 0.225 e. The first kappa shape index (κ1) is 13.7. The van der Waals surface area contributed by atoms with Gasteiger partial charge in [0.05, 0.1) is 6.61 Å². The Labute approximate surface area is 103 Å². The van der Waals surface area contributed by atoms with Gasteiger partial charge in [-0.05, 0) is 12.8 Å². The highest BCUT2D eigenvalue weighted by Gasteiger charge is 1.99. The van der Waals surface area contributed by atoms with Gasteiger partial charge >= 0.3 is 0 Å². The zero-order valence-corrected chi connectivity index (χ0v) is 10.8. The number of nitrogens with zero attached hydrogens (tertiary/aromatic N) is 2. The molecule has 0 fully saturated rings. The third-order valence-electron chi connectivity index (χ3n) is 1.89. The molecule has 96 valence electrons. The lowest BCUT2D eigenvalue weighted by Gasteiger charge is -2.08. The molecule has 17 heavy (non-hydrogen) atoms. The molecular formula is C12H21N3O2. The van der Waals surface area contributed by atoms with E-state index in [1.807, 2.05) is 6.92 Å². The van der Waals surface area contributed by atoms with Crippen molar-refractivity contribution in [3.8, 4) is 5.88 Å². The molecule has 0 radical (unpaired) electrons. The maximum Gasteiger partial charge on any atom is 0.225 e. The Bertz CT molecular complexity index is 318. The topological polar surface area (TPSA) is 56.3 Å². The van der Waals surface area contributed by atoms with Crippen LogP contribution in [0.4, 0.5) is 5.95 Å². The van der Waals surface area contributed by atoms with E-state index in [4.69, 9.17) is 9.47 Å². The van der Waals surface area contributed by atoms with Crippen LogP contribution >= 0.6 is 0 Å². The highest BCUT2D eigenvalue weighted by Crippen LogP contribution is 2.07. The number of hydrogen-bond donors (Lipinski definition) is 1. The van der Waals surface area contributed by atoms with Crippen LogP contribution in [0.5, 0.6) is 5.88 Å². The van der Waals surface area contributed by atoms with E-state index in [1.165, 1.54) is 0 Å². The molecule has 5 nitrogen and oxygen atoms in total. The Kier molecular flexibility index (Phi) is 6.32. The molecular weight excluding hydrogens is 218 g/mol. The van der Waals surface area contributed by atoms with Crippen molar-refractivity contribution in [1.29, 1.82) is 0 Å². The minimum Gasteiger partial charge on any atom is -0.475 e. The van der Waals surface area contributed by atoms with Gasteiger partial charge in [0, 0.05) is 25.4 Å². The van der Waals surface area contributed by atoms with Crippen molar-refractivity contribution >= 4 is 5.95 Å². The van der Waals surface area contributed by atoms with E-state index in [2.05, 4.69) is 29.1 Å². The van der Waals surface area contributed by atoms with Crippen LogP contribution in [0.25, 0.3) is 0 Å². The minimum absolute atomic E-state index is 0.509. The van der Waals surface area contributed by atoms with Gasteiger partial charge in [-0.15, -0.1) is 0 Å². The van der Waals surface area contributed by atoms with E-state index >= 15 is 0 Å². The molecule has 1 rings (SSSR count). The molecule has 0 aromatic carbocycles. The van der Waals surface area contributed by atoms with Gasteiger partial charge in [-0.1, -0.05) is 13.8 Å². The molecule has 0 atom stereocenters. The molecule has 1 heterocycles. The van der Waals surface area contributed by atoms with Gasteiger partial charge in [0.15, 0.2) is 0 Å². The second kappa shape index (κ2) is 7.84. The molecule has 0 bridgehead atoms. The summed E-state index contributed by atoms with van der Waals surface area (Å²) in [6.45, 7) is 8.88. The molecule has 0 unspecified atom stereocenters. The second-order valence-electron chi connectivity index (χ2n) is 4.07. The van der Waals surface area contributed by atoms with Crippen LogP contribution < -0.4 is 10.1 Å². The zero-order chi connectivity index (χ0) is 12.5. The normalized spacial score (nSPS) is 10.6. The fraction of sp³-hybridized carbons (Fsp3) is 0.667. The summed E-state index contributed by atoms with van der Waals surface area (Å²) in [6.07, 6.45) is 1.68. The highest BCUT2D eigenvalue weighted by atomic mass is 16.5. The Morgan fingerprint density at radius 2 is 2.18 bits per heavy atom. The van der Waals surface area contributed by atoms with Crippen molar-refractivity contribution in [3.05, 3.63) is 12.3 Å². The molecule has 0 saturated carbocycles. The molecule has 1 aromatic rings. The lowest BCUT2D eigenvalue weighted by atomic mass is 10.2. The minimum atomic E-state index is 0.509. The summed E-state index contributed by atoms with van der Waals surface area (Å²) in [6, 6.07) is 1.74. The van der Waals surface area contributed by atoms with Crippen LogP contribution in [0.15, 0.2) is 12.3 Å². The van der Waals surface area contributed by atoms with Crippen LogP contribution in [-0.4, -0.2) is 36.3 Å². The number of hydrogen-bond acceptors (Lipinski definition) is 5. The first-order valence-corrected chi connectivity index (χ1v) is 5.99. The molecule has 0 saturated heterocycles. The third kappa shape index (κ3) is 6.06. The van der Waals surface area contributed by atoms with Crippen molar-refractivity contribution in [2.75, 3.05) is 31.7 Å². The quantitative estimate of drug-likeness (QED) is 0.703. The van der Waals surface area contributed by atoms with Crippen LogP contribution in [-0.2, 0) is 4.74 Å². The highest BCUT2D eigenvalue weighted by molar-refractivity contribution is 5.26. The Balaban J connectivity index is 2.24. The predicted octanol–water partition coefficient (Wildman–Crippen LogP) is 1.96. The average Bonchev–Trinajstić information content (AvgIpc) is 2.29. The van der Waals surface area contributed by atoms with E-state index in [1.54, 1.807) is 12.3 Å². The van der Waals surface area contributed by atoms with Crippen molar-refractivity contribution in [1.82, 2.24) is 9.97 Å². The van der Waals surface area contributed by atoms with Gasteiger partial charge in [0.25, 0.3) is 0 Å². The first-order chi connectivity index (χ1) is 8.22. The fourth-order valence-electron chi connectivity index (χ4n) is 1.19. The van der Waals surface area contributed by atoms with Crippen LogP contribution in [0.3, 0.4) is 0 Å². The lowest BCUT2D eigenvalue weighted by Crippen LogP contribution is -2.11. The summed E-state index contributed by atoms with van der Waals surface area (Å²) in [7, 11) is 0. The molecule has 0 aliphatic heterocycles. The summed E-state index contributed by atoms with van der Waals surface area (Å²) in [5, 5.41) is 3.03. The number of ether oxygens (including phenoxy) is 2.